The highest BCUT2D eigenvalue weighted by Gasteiger charge is 2.37. The molecule has 2 N–H and O–H groups in total. The summed E-state index contributed by atoms with van der Waals surface area (Å²) in [5.41, 5.74) is 6.44. The van der Waals surface area contributed by atoms with E-state index in [1.165, 1.54) is 12.0 Å². The Bertz CT molecular complexity index is 360. The molecule has 2 atom stereocenters. The van der Waals surface area contributed by atoms with Crippen LogP contribution in [0.4, 0.5) is 0 Å². The molecule has 1 aliphatic carbocycles. The topological polar surface area (TPSA) is 43.1 Å². The maximum Gasteiger partial charge on any atom is 0.217 e. The molecule has 0 saturated heterocycles. The fourth-order valence-corrected chi connectivity index (χ4v) is 2.14. The van der Waals surface area contributed by atoms with Crippen LogP contribution in [-0.4, -0.2) is 5.91 Å². The van der Waals surface area contributed by atoms with Gasteiger partial charge in [0.1, 0.15) is 0 Å². The van der Waals surface area contributed by atoms with E-state index in [1.54, 1.807) is 0 Å². The highest BCUT2D eigenvalue weighted by Crippen LogP contribution is 2.50. The first-order chi connectivity index (χ1) is 7.16. The molecule has 0 aliphatic heterocycles. The lowest BCUT2D eigenvalue weighted by molar-refractivity contribution is -0.118. The van der Waals surface area contributed by atoms with Crippen LogP contribution in [0.5, 0.6) is 0 Å². The summed E-state index contributed by atoms with van der Waals surface area (Å²) in [7, 11) is 0. The van der Waals surface area contributed by atoms with Crippen LogP contribution in [0.2, 0.25) is 5.02 Å². The Hall–Kier alpha value is -1.02. The Morgan fingerprint density at radius 1 is 1.40 bits per heavy atom. The van der Waals surface area contributed by atoms with Crippen molar-refractivity contribution in [2.24, 2.45) is 11.7 Å². The van der Waals surface area contributed by atoms with Crippen molar-refractivity contribution >= 4 is 17.5 Å². The Kier molecular flexibility index (Phi) is 2.96. The van der Waals surface area contributed by atoms with Crippen LogP contribution >= 0.6 is 11.6 Å². The first kappa shape index (κ1) is 10.5. The third kappa shape index (κ3) is 2.72. The molecule has 80 valence electrons. The number of hydrogen-bond donors (Lipinski definition) is 1. The second kappa shape index (κ2) is 4.23. The molecule has 1 unspecified atom stereocenters. The van der Waals surface area contributed by atoms with Crippen LogP contribution < -0.4 is 5.73 Å². The summed E-state index contributed by atoms with van der Waals surface area (Å²) >= 11 is 5.81. The van der Waals surface area contributed by atoms with E-state index >= 15 is 0 Å². The van der Waals surface area contributed by atoms with Crippen LogP contribution in [0.25, 0.3) is 0 Å². The first-order valence-corrected chi connectivity index (χ1v) is 5.58. The number of carbonyl (C=O) groups excluding carboxylic acids is 1. The average molecular weight is 224 g/mol. The molecule has 2 nitrogen and oxygen atoms in total. The molecule has 0 bridgehead atoms. The third-order valence-electron chi connectivity index (χ3n) is 2.98. The number of carbonyl (C=O) groups is 1. The fourth-order valence-electron chi connectivity index (χ4n) is 2.01. The number of amides is 1. The van der Waals surface area contributed by atoms with Crippen molar-refractivity contribution in [2.45, 2.75) is 25.2 Å². The van der Waals surface area contributed by atoms with Gasteiger partial charge in [0.2, 0.25) is 5.91 Å². The van der Waals surface area contributed by atoms with Crippen molar-refractivity contribution in [3.05, 3.63) is 34.9 Å². The molecule has 1 aliphatic rings. The second-order valence-electron chi connectivity index (χ2n) is 4.16. The van der Waals surface area contributed by atoms with Gasteiger partial charge in [0.15, 0.2) is 0 Å². The van der Waals surface area contributed by atoms with Crippen molar-refractivity contribution < 1.29 is 4.79 Å². The van der Waals surface area contributed by atoms with E-state index in [2.05, 4.69) is 12.1 Å². The molecule has 15 heavy (non-hydrogen) atoms. The number of primary amides is 1. The molecule has 0 radical (unpaired) electrons. The quantitative estimate of drug-likeness (QED) is 0.838. The van der Waals surface area contributed by atoms with Gasteiger partial charge in [-0.2, -0.15) is 0 Å². The number of hydrogen-bond acceptors (Lipinski definition) is 1. The highest BCUT2D eigenvalue weighted by atomic mass is 35.5. The lowest BCUT2D eigenvalue weighted by atomic mass is 10.1. The Morgan fingerprint density at radius 3 is 2.67 bits per heavy atom. The van der Waals surface area contributed by atoms with Crippen LogP contribution in [0.3, 0.4) is 0 Å². The van der Waals surface area contributed by atoms with Gasteiger partial charge in [0.25, 0.3) is 0 Å². The van der Waals surface area contributed by atoms with Crippen molar-refractivity contribution in [1.29, 1.82) is 0 Å². The second-order valence-corrected chi connectivity index (χ2v) is 4.60. The minimum atomic E-state index is -0.197. The van der Waals surface area contributed by atoms with Gasteiger partial charge in [-0.15, -0.1) is 0 Å². The van der Waals surface area contributed by atoms with Crippen LogP contribution in [0.1, 0.15) is 30.7 Å². The fraction of sp³-hybridized carbons (Fsp3) is 0.417. The maximum absolute atomic E-state index is 10.6. The number of benzene rings is 1. The summed E-state index contributed by atoms with van der Waals surface area (Å²) < 4.78 is 0. The number of halogens is 1. The minimum Gasteiger partial charge on any atom is -0.370 e. The molecule has 1 saturated carbocycles. The molecule has 1 aromatic carbocycles. The van der Waals surface area contributed by atoms with E-state index in [0.717, 1.165) is 11.4 Å². The van der Waals surface area contributed by atoms with Gasteiger partial charge in [-0.25, -0.2) is 0 Å². The third-order valence-corrected chi connectivity index (χ3v) is 3.23. The van der Waals surface area contributed by atoms with Gasteiger partial charge in [-0.05, 0) is 42.4 Å². The molecular weight excluding hydrogens is 210 g/mol. The summed E-state index contributed by atoms with van der Waals surface area (Å²) in [5, 5.41) is 0.771. The SMILES string of the molecule is NC(=O)CC[C@H]1CC1c1ccc(Cl)cc1. The standard InChI is InChI=1S/C12H14ClNO/c13-10-4-1-8(2-5-10)11-7-9(11)3-6-12(14)15/h1-2,4-5,9,11H,3,6-7H2,(H2,14,15)/t9-,11?/m0/s1. The summed E-state index contributed by atoms with van der Waals surface area (Å²) in [6.45, 7) is 0. The van der Waals surface area contributed by atoms with Gasteiger partial charge in [0.05, 0.1) is 0 Å². The van der Waals surface area contributed by atoms with Crippen molar-refractivity contribution in [3.63, 3.8) is 0 Å². The summed E-state index contributed by atoms with van der Waals surface area (Å²) in [5.74, 6) is 1.05. The van der Waals surface area contributed by atoms with Crippen molar-refractivity contribution in [3.8, 4) is 0 Å². The van der Waals surface area contributed by atoms with Gasteiger partial charge >= 0.3 is 0 Å². The minimum absolute atomic E-state index is 0.197. The van der Waals surface area contributed by atoms with E-state index in [-0.39, 0.29) is 5.91 Å². The number of rotatable bonds is 4. The van der Waals surface area contributed by atoms with Gasteiger partial charge in [-0.3, -0.25) is 4.79 Å². The molecule has 1 aromatic rings. The lowest BCUT2D eigenvalue weighted by Crippen LogP contribution is -2.10. The van der Waals surface area contributed by atoms with Gasteiger partial charge in [0, 0.05) is 11.4 Å². The van der Waals surface area contributed by atoms with E-state index in [0.29, 0.717) is 18.3 Å². The zero-order valence-corrected chi connectivity index (χ0v) is 9.20. The van der Waals surface area contributed by atoms with Gasteiger partial charge < -0.3 is 5.73 Å². The molecule has 2 rings (SSSR count). The highest BCUT2D eigenvalue weighted by molar-refractivity contribution is 6.30. The van der Waals surface area contributed by atoms with Crippen molar-refractivity contribution in [2.75, 3.05) is 0 Å². The lowest BCUT2D eigenvalue weighted by Gasteiger charge is -1.99. The molecule has 1 amide bonds. The van der Waals surface area contributed by atoms with E-state index < -0.39 is 0 Å². The van der Waals surface area contributed by atoms with Crippen LogP contribution in [0, 0.1) is 5.92 Å². The molecule has 0 aromatic heterocycles. The van der Waals surface area contributed by atoms with Crippen molar-refractivity contribution in [1.82, 2.24) is 0 Å². The Labute approximate surface area is 94.4 Å². The average Bonchev–Trinajstić information content (AvgIpc) is 2.95. The number of nitrogens with two attached hydrogens (primary N) is 1. The van der Waals surface area contributed by atoms with Crippen LogP contribution in [0.15, 0.2) is 24.3 Å². The monoisotopic (exact) mass is 223 g/mol. The van der Waals surface area contributed by atoms with E-state index in [1.807, 2.05) is 12.1 Å². The summed E-state index contributed by atoms with van der Waals surface area (Å²) in [4.78, 5) is 10.6. The van der Waals surface area contributed by atoms with E-state index in [4.69, 9.17) is 17.3 Å². The van der Waals surface area contributed by atoms with Crippen LogP contribution in [-0.2, 0) is 4.79 Å². The maximum atomic E-state index is 10.6. The van der Waals surface area contributed by atoms with E-state index in [9.17, 15) is 4.79 Å². The first-order valence-electron chi connectivity index (χ1n) is 5.20. The summed E-state index contributed by atoms with van der Waals surface area (Å²) in [6, 6.07) is 7.97. The Balaban J connectivity index is 1.88. The molecule has 3 heteroatoms. The smallest absolute Gasteiger partial charge is 0.217 e. The zero-order chi connectivity index (χ0) is 10.8. The predicted octanol–water partition coefficient (Wildman–Crippen LogP) is 2.71. The largest absolute Gasteiger partial charge is 0.370 e. The normalized spacial score (nSPS) is 23.8. The predicted molar refractivity (Wildman–Crippen MR) is 60.7 cm³/mol. The summed E-state index contributed by atoms with van der Waals surface area (Å²) in [6.07, 6.45) is 2.60. The Morgan fingerprint density at radius 2 is 2.07 bits per heavy atom. The zero-order valence-electron chi connectivity index (χ0n) is 8.45. The molecule has 1 fully saturated rings. The molecule has 0 heterocycles. The molecule has 0 spiro atoms. The molecular formula is C12H14ClNO. The van der Waals surface area contributed by atoms with Gasteiger partial charge in [-0.1, -0.05) is 23.7 Å².